The molecule has 0 aliphatic heterocycles. The van der Waals surface area contributed by atoms with Crippen molar-refractivity contribution in [3.8, 4) is 11.5 Å². The second kappa shape index (κ2) is 4.39. The van der Waals surface area contributed by atoms with Gasteiger partial charge in [0.15, 0.2) is 17.3 Å². The third-order valence-electron chi connectivity index (χ3n) is 4.21. The number of pyridine rings is 1. The summed E-state index contributed by atoms with van der Waals surface area (Å²) in [5.41, 5.74) is 0.866. The van der Waals surface area contributed by atoms with Gasteiger partial charge >= 0.3 is 0 Å². The number of ketones is 2. The normalized spacial score (nSPS) is 13.1. The van der Waals surface area contributed by atoms with Crippen LogP contribution in [0.3, 0.4) is 0 Å². The number of aromatic nitrogens is 1. The Morgan fingerprint density at radius 2 is 1.43 bits per heavy atom. The van der Waals surface area contributed by atoms with Gasteiger partial charge in [-0.25, -0.2) is 0 Å². The van der Waals surface area contributed by atoms with Crippen molar-refractivity contribution in [1.29, 1.82) is 0 Å². The molecule has 23 heavy (non-hydrogen) atoms. The average Bonchev–Trinajstić information content (AvgIpc) is 2.55. The number of phenolic OH excluding ortho intramolecular Hbond substituents is 2. The van der Waals surface area contributed by atoms with Crippen LogP contribution in [0.5, 0.6) is 11.5 Å². The molecular formula is C18H11NO4. The van der Waals surface area contributed by atoms with E-state index >= 15 is 0 Å². The van der Waals surface area contributed by atoms with Crippen molar-refractivity contribution < 1.29 is 19.8 Å². The van der Waals surface area contributed by atoms with E-state index in [2.05, 4.69) is 4.98 Å². The van der Waals surface area contributed by atoms with E-state index in [1.807, 2.05) is 0 Å². The summed E-state index contributed by atoms with van der Waals surface area (Å²) < 4.78 is 0. The van der Waals surface area contributed by atoms with Gasteiger partial charge in [0, 0.05) is 22.7 Å². The number of phenols is 2. The van der Waals surface area contributed by atoms with Crippen LogP contribution in [-0.4, -0.2) is 26.8 Å². The molecule has 0 saturated heterocycles. The number of hydrogen-bond donors (Lipinski definition) is 2. The Morgan fingerprint density at radius 3 is 2.04 bits per heavy atom. The van der Waals surface area contributed by atoms with E-state index in [0.29, 0.717) is 5.56 Å². The number of rotatable bonds is 0. The molecule has 0 amide bonds. The molecule has 1 aliphatic rings. The van der Waals surface area contributed by atoms with Gasteiger partial charge in [0.25, 0.3) is 0 Å². The Labute approximate surface area is 130 Å². The second-order valence-electron chi connectivity index (χ2n) is 5.50. The Hall–Kier alpha value is -3.21. The minimum absolute atomic E-state index is 0.113. The fourth-order valence-electron chi connectivity index (χ4n) is 3.11. The summed E-state index contributed by atoms with van der Waals surface area (Å²) in [7, 11) is 0. The lowest BCUT2D eigenvalue weighted by molar-refractivity contribution is 0.0974. The molecule has 3 aromatic rings. The van der Waals surface area contributed by atoms with Crippen LogP contribution in [-0.2, 0) is 0 Å². The Morgan fingerprint density at radius 1 is 0.870 bits per heavy atom. The van der Waals surface area contributed by atoms with Crippen LogP contribution < -0.4 is 0 Å². The van der Waals surface area contributed by atoms with Crippen LogP contribution in [0.4, 0.5) is 0 Å². The number of hydrogen-bond acceptors (Lipinski definition) is 5. The molecule has 0 spiro atoms. The number of fused-ring (bicyclic) bond motifs is 3. The van der Waals surface area contributed by atoms with Gasteiger partial charge in [-0.1, -0.05) is 24.3 Å². The van der Waals surface area contributed by atoms with Crippen molar-refractivity contribution in [2.24, 2.45) is 0 Å². The predicted molar refractivity (Wildman–Crippen MR) is 83.1 cm³/mol. The molecule has 1 aromatic heterocycles. The van der Waals surface area contributed by atoms with E-state index in [-0.39, 0.29) is 44.7 Å². The van der Waals surface area contributed by atoms with Gasteiger partial charge in [-0.3, -0.25) is 14.6 Å². The van der Waals surface area contributed by atoms with Crippen LogP contribution in [0.2, 0.25) is 0 Å². The van der Waals surface area contributed by atoms with Crippen molar-refractivity contribution in [3.05, 3.63) is 64.3 Å². The zero-order valence-corrected chi connectivity index (χ0v) is 12.1. The smallest absolute Gasteiger partial charge is 0.198 e. The predicted octanol–water partition coefficient (Wildman–Crippen LogP) is 2.73. The first kappa shape index (κ1) is 13.5. The van der Waals surface area contributed by atoms with Gasteiger partial charge < -0.3 is 10.2 Å². The van der Waals surface area contributed by atoms with Gasteiger partial charge in [-0.15, -0.1) is 0 Å². The third-order valence-corrected chi connectivity index (χ3v) is 4.21. The van der Waals surface area contributed by atoms with Crippen LogP contribution in [0.15, 0.2) is 36.5 Å². The Balaban J connectivity index is 2.21. The minimum atomic E-state index is -0.492. The fourth-order valence-corrected chi connectivity index (χ4v) is 3.11. The van der Waals surface area contributed by atoms with E-state index in [9.17, 15) is 19.8 Å². The van der Waals surface area contributed by atoms with Crippen molar-refractivity contribution in [2.45, 2.75) is 6.92 Å². The fraction of sp³-hybridized carbons (Fsp3) is 0.0556. The van der Waals surface area contributed by atoms with Crippen molar-refractivity contribution in [2.75, 3.05) is 0 Å². The van der Waals surface area contributed by atoms with Gasteiger partial charge in [-0.05, 0) is 18.6 Å². The van der Waals surface area contributed by atoms with Gasteiger partial charge in [-0.2, -0.15) is 0 Å². The zero-order chi connectivity index (χ0) is 16.3. The van der Waals surface area contributed by atoms with E-state index in [0.717, 1.165) is 0 Å². The lowest BCUT2D eigenvalue weighted by atomic mass is 9.81. The molecule has 4 rings (SSSR count). The first-order chi connectivity index (χ1) is 11.0. The average molecular weight is 305 g/mol. The number of nitrogens with zero attached hydrogens (tertiary/aromatic N) is 1. The molecule has 0 atom stereocenters. The van der Waals surface area contributed by atoms with E-state index in [1.54, 1.807) is 25.1 Å². The minimum Gasteiger partial charge on any atom is -0.506 e. The summed E-state index contributed by atoms with van der Waals surface area (Å²) in [4.78, 5) is 29.5. The van der Waals surface area contributed by atoms with Crippen molar-refractivity contribution >= 4 is 22.5 Å². The molecule has 5 heteroatoms. The summed E-state index contributed by atoms with van der Waals surface area (Å²) in [5, 5.41) is 21.4. The van der Waals surface area contributed by atoms with Crippen LogP contribution in [0.25, 0.3) is 10.9 Å². The zero-order valence-electron chi connectivity index (χ0n) is 12.1. The molecule has 2 aromatic carbocycles. The van der Waals surface area contributed by atoms with Crippen molar-refractivity contribution in [1.82, 2.24) is 4.98 Å². The largest absolute Gasteiger partial charge is 0.506 e. The van der Waals surface area contributed by atoms with Crippen molar-refractivity contribution in [3.63, 3.8) is 0 Å². The highest BCUT2D eigenvalue weighted by Crippen LogP contribution is 2.44. The Bertz CT molecular complexity index is 1040. The molecule has 0 bridgehead atoms. The second-order valence-corrected chi connectivity index (χ2v) is 5.50. The maximum atomic E-state index is 12.7. The SMILES string of the molecule is Cc1ccnc2c(O)c3c(c(O)c12)C(=O)c1ccccc1C3=O. The quantitative estimate of drug-likeness (QED) is 0.488. The molecular weight excluding hydrogens is 294 g/mol. The number of aryl methyl sites for hydroxylation is 1. The number of aromatic hydroxyl groups is 2. The van der Waals surface area contributed by atoms with Gasteiger partial charge in [0.2, 0.25) is 0 Å². The highest BCUT2D eigenvalue weighted by Gasteiger charge is 2.36. The van der Waals surface area contributed by atoms with Gasteiger partial charge in [0.1, 0.15) is 11.3 Å². The number of carbonyl (C=O) groups excluding carboxylic acids is 2. The molecule has 5 nitrogen and oxygen atoms in total. The molecule has 1 aliphatic carbocycles. The maximum Gasteiger partial charge on any atom is 0.198 e. The summed E-state index contributed by atoms with van der Waals surface area (Å²) >= 11 is 0. The Kier molecular flexibility index (Phi) is 2.57. The first-order valence-electron chi connectivity index (χ1n) is 7.04. The summed E-state index contributed by atoms with van der Waals surface area (Å²) in [6.07, 6.45) is 1.48. The summed E-state index contributed by atoms with van der Waals surface area (Å²) in [6.45, 7) is 1.73. The van der Waals surface area contributed by atoms with E-state index in [4.69, 9.17) is 0 Å². The third kappa shape index (κ3) is 1.59. The molecule has 0 unspecified atom stereocenters. The number of carbonyl (C=O) groups is 2. The molecule has 0 fully saturated rings. The lowest BCUT2D eigenvalue weighted by Gasteiger charge is -2.21. The number of benzene rings is 2. The van der Waals surface area contributed by atoms with Crippen LogP contribution in [0.1, 0.15) is 37.4 Å². The molecule has 0 saturated carbocycles. The van der Waals surface area contributed by atoms with Gasteiger partial charge in [0.05, 0.1) is 11.1 Å². The molecule has 0 radical (unpaired) electrons. The summed E-state index contributed by atoms with van der Waals surface area (Å²) in [6, 6.07) is 8.03. The molecule has 112 valence electrons. The van der Waals surface area contributed by atoms with Crippen LogP contribution in [0, 0.1) is 6.92 Å². The monoisotopic (exact) mass is 305 g/mol. The highest BCUT2D eigenvalue weighted by molar-refractivity contribution is 6.32. The van der Waals surface area contributed by atoms with Crippen LogP contribution >= 0.6 is 0 Å². The molecule has 1 heterocycles. The topological polar surface area (TPSA) is 87.5 Å². The summed E-state index contributed by atoms with van der Waals surface area (Å²) in [5.74, 6) is -1.66. The van der Waals surface area contributed by atoms with E-state index < -0.39 is 11.6 Å². The van der Waals surface area contributed by atoms with E-state index in [1.165, 1.54) is 18.3 Å². The molecule has 2 N–H and O–H groups in total. The standard InChI is InChI=1S/C18H11NO4/c1-8-6-7-19-14-11(8)17(22)12-13(18(14)23)16(21)10-5-3-2-4-9(10)15(12)20/h2-7,22-23H,1H3. The highest BCUT2D eigenvalue weighted by atomic mass is 16.3. The lowest BCUT2D eigenvalue weighted by Crippen LogP contribution is -2.21. The maximum absolute atomic E-state index is 12.7. The first-order valence-corrected chi connectivity index (χ1v) is 7.04.